The summed E-state index contributed by atoms with van der Waals surface area (Å²) in [5, 5.41) is 3.20. The van der Waals surface area contributed by atoms with Crippen molar-refractivity contribution in [3.63, 3.8) is 0 Å². The van der Waals surface area contributed by atoms with Crippen molar-refractivity contribution in [2.24, 2.45) is 0 Å². The van der Waals surface area contributed by atoms with Crippen LogP contribution in [0.15, 0.2) is 42.5 Å². The molecule has 7 heteroatoms. The number of esters is 1. The maximum Gasteiger partial charge on any atom is 0.331 e. The van der Waals surface area contributed by atoms with Gasteiger partial charge in [-0.25, -0.2) is 4.79 Å². The Hall–Kier alpha value is -2.99. The summed E-state index contributed by atoms with van der Waals surface area (Å²) in [5.41, 5.74) is 2.04. The number of anilines is 1. The van der Waals surface area contributed by atoms with Gasteiger partial charge in [0.1, 0.15) is 0 Å². The highest BCUT2D eigenvalue weighted by atomic mass is 35.5. The molecule has 6 nitrogen and oxygen atoms in total. The van der Waals surface area contributed by atoms with Gasteiger partial charge >= 0.3 is 5.97 Å². The molecule has 2 rings (SSSR count). The van der Waals surface area contributed by atoms with Crippen LogP contribution in [0.4, 0.5) is 5.69 Å². The number of hydrogen-bond acceptors (Lipinski definition) is 5. The Morgan fingerprint density at radius 3 is 2.56 bits per heavy atom. The summed E-state index contributed by atoms with van der Waals surface area (Å²) in [5.74, 6) is 0.0467. The highest BCUT2D eigenvalue weighted by Gasteiger charge is 2.09. The second-order valence-corrected chi connectivity index (χ2v) is 5.92. The molecule has 0 fully saturated rings. The van der Waals surface area contributed by atoms with E-state index in [9.17, 15) is 9.59 Å². The quantitative estimate of drug-likeness (QED) is 0.575. The first kappa shape index (κ1) is 20.3. The zero-order valence-corrected chi connectivity index (χ0v) is 16.0. The molecule has 0 aromatic heterocycles. The van der Waals surface area contributed by atoms with Crippen LogP contribution < -0.4 is 14.8 Å². The lowest BCUT2D eigenvalue weighted by atomic mass is 10.2. The van der Waals surface area contributed by atoms with Crippen molar-refractivity contribution in [2.45, 2.75) is 6.92 Å². The van der Waals surface area contributed by atoms with Crippen LogP contribution >= 0.6 is 11.6 Å². The molecular formula is C20H20ClNO5. The molecule has 0 saturated carbocycles. The van der Waals surface area contributed by atoms with E-state index in [0.717, 1.165) is 11.1 Å². The van der Waals surface area contributed by atoms with Gasteiger partial charge in [0.25, 0.3) is 5.91 Å². The second kappa shape index (κ2) is 9.64. The van der Waals surface area contributed by atoms with Crippen molar-refractivity contribution in [1.82, 2.24) is 0 Å². The third-order valence-corrected chi connectivity index (χ3v) is 4.12. The van der Waals surface area contributed by atoms with Gasteiger partial charge in [-0.2, -0.15) is 0 Å². The van der Waals surface area contributed by atoms with Crippen LogP contribution in [0.5, 0.6) is 11.5 Å². The maximum absolute atomic E-state index is 11.9. The molecule has 0 aliphatic heterocycles. The van der Waals surface area contributed by atoms with Crippen molar-refractivity contribution < 1.29 is 23.8 Å². The molecule has 0 heterocycles. The van der Waals surface area contributed by atoms with Gasteiger partial charge in [-0.05, 0) is 48.4 Å². The topological polar surface area (TPSA) is 73.9 Å². The Kier molecular flexibility index (Phi) is 7.25. The summed E-state index contributed by atoms with van der Waals surface area (Å²) in [6.45, 7) is 1.39. The first-order chi connectivity index (χ1) is 12.9. The van der Waals surface area contributed by atoms with Gasteiger partial charge in [0.15, 0.2) is 18.1 Å². The van der Waals surface area contributed by atoms with Crippen molar-refractivity contribution in [1.29, 1.82) is 0 Å². The number of hydrogen-bond donors (Lipinski definition) is 1. The average Bonchev–Trinajstić information content (AvgIpc) is 2.68. The first-order valence-electron chi connectivity index (χ1n) is 8.06. The smallest absolute Gasteiger partial charge is 0.331 e. The van der Waals surface area contributed by atoms with Crippen molar-refractivity contribution in [3.8, 4) is 11.5 Å². The third-order valence-electron chi connectivity index (χ3n) is 3.71. The molecule has 0 bridgehead atoms. The Bertz CT molecular complexity index is 863. The van der Waals surface area contributed by atoms with Crippen LogP contribution in [-0.2, 0) is 14.3 Å². The number of methoxy groups -OCH3 is 2. The number of carbonyl (C=O) groups is 2. The fourth-order valence-corrected chi connectivity index (χ4v) is 2.41. The number of carbonyl (C=O) groups excluding carboxylic acids is 2. The first-order valence-corrected chi connectivity index (χ1v) is 8.44. The monoisotopic (exact) mass is 389 g/mol. The highest BCUT2D eigenvalue weighted by Crippen LogP contribution is 2.28. The molecule has 0 atom stereocenters. The Balaban J connectivity index is 1.89. The number of nitrogens with one attached hydrogen (secondary N) is 1. The molecule has 0 aliphatic carbocycles. The molecule has 0 spiro atoms. The number of benzene rings is 2. The van der Waals surface area contributed by atoms with Gasteiger partial charge < -0.3 is 19.5 Å². The Morgan fingerprint density at radius 1 is 1.11 bits per heavy atom. The Labute approximate surface area is 162 Å². The fraction of sp³-hybridized carbons (Fsp3) is 0.200. The van der Waals surface area contributed by atoms with E-state index in [1.807, 2.05) is 0 Å². The standard InChI is InChI=1S/C20H20ClNO5/c1-13-15(21)5-4-6-16(13)22-19(23)12-27-20(24)10-8-14-7-9-17(25-2)18(11-14)26-3/h4-11H,12H2,1-3H3,(H,22,23)/b10-8+. The maximum atomic E-state index is 11.9. The van der Waals surface area contributed by atoms with Gasteiger partial charge in [0.2, 0.25) is 0 Å². The van der Waals surface area contributed by atoms with Crippen molar-refractivity contribution in [2.75, 3.05) is 26.1 Å². The van der Waals surface area contributed by atoms with Crippen molar-refractivity contribution >= 4 is 35.2 Å². The van der Waals surface area contributed by atoms with E-state index in [1.165, 1.54) is 13.2 Å². The van der Waals surface area contributed by atoms with Crippen LogP contribution in [0.2, 0.25) is 5.02 Å². The predicted molar refractivity (Wildman–Crippen MR) is 104 cm³/mol. The third kappa shape index (κ3) is 5.76. The molecule has 0 unspecified atom stereocenters. The molecule has 0 saturated heterocycles. The summed E-state index contributed by atoms with van der Waals surface area (Å²) < 4.78 is 15.3. The van der Waals surface area contributed by atoms with E-state index in [4.69, 9.17) is 25.8 Å². The SMILES string of the molecule is COc1ccc(/C=C/C(=O)OCC(=O)Nc2cccc(Cl)c2C)cc1OC. The minimum atomic E-state index is -0.636. The largest absolute Gasteiger partial charge is 0.493 e. The molecule has 1 N–H and O–H groups in total. The zero-order chi connectivity index (χ0) is 19.8. The van der Waals surface area contributed by atoms with E-state index in [1.54, 1.807) is 56.5 Å². The lowest BCUT2D eigenvalue weighted by Gasteiger charge is -2.09. The lowest BCUT2D eigenvalue weighted by Crippen LogP contribution is -2.20. The number of amides is 1. The zero-order valence-electron chi connectivity index (χ0n) is 15.2. The van der Waals surface area contributed by atoms with Gasteiger partial charge in [0.05, 0.1) is 14.2 Å². The van der Waals surface area contributed by atoms with E-state index < -0.39 is 18.5 Å². The lowest BCUT2D eigenvalue weighted by molar-refractivity contribution is -0.142. The van der Waals surface area contributed by atoms with E-state index >= 15 is 0 Å². The number of halogens is 1. The fourth-order valence-electron chi connectivity index (χ4n) is 2.23. The molecule has 142 valence electrons. The summed E-state index contributed by atoms with van der Waals surface area (Å²) in [6, 6.07) is 10.4. The molecule has 2 aromatic carbocycles. The van der Waals surface area contributed by atoms with Crippen LogP contribution in [0.25, 0.3) is 6.08 Å². The minimum Gasteiger partial charge on any atom is -0.493 e. The summed E-state index contributed by atoms with van der Waals surface area (Å²) in [4.78, 5) is 23.7. The number of rotatable bonds is 7. The molecule has 2 aromatic rings. The predicted octanol–water partition coefficient (Wildman–Crippen LogP) is 3.86. The van der Waals surface area contributed by atoms with E-state index in [0.29, 0.717) is 22.2 Å². The van der Waals surface area contributed by atoms with Crippen molar-refractivity contribution in [3.05, 3.63) is 58.6 Å². The highest BCUT2D eigenvalue weighted by molar-refractivity contribution is 6.31. The summed E-state index contributed by atoms with van der Waals surface area (Å²) >= 11 is 6.00. The van der Waals surface area contributed by atoms with Gasteiger partial charge in [-0.15, -0.1) is 0 Å². The second-order valence-electron chi connectivity index (χ2n) is 5.52. The summed E-state index contributed by atoms with van der Waals surface area (Å²) in [7, 11) is 3.07. The molecule has 1 amide bonds. The molecule has 0 aliphatic rings. The minimum absolute atomic E-state index is 0.402. The molecular weight excluding hydrogens is 370 g/mol. The molecule has 27 heavy (non-hydrogen) atoms. The van der Waals surface area contributed by atoms with Crippen LogP contribution in [0.1, 0.15) is 11.1 Å². The average molecular weight is 390 g/mol. The van der Waals surface area contributed by atoms with Crippen LogP contribution in [0, 0.1) is 6.92 Å². The molecule has 0 radical (unpaired) electrons. The van der Waals surface area contributed by atoms with Crippen LogP contribution in [0.3, 0.4) is 0 Å². The number of ether oxygens (including phenoxy) is 3. The van der Waals surface area contributed by atoms with E-state index in [-0.39, 0.29) is 0 Å². The van der Waals surface area contributed by atoms with Gasteiger partial charge in [0, 0.05) is 16.8 Å². The Morgan fingerprint density at radius 2 is 1.85 bits per heavy atom. The normalized spacial score (nSPS) is 10.5. The van der Waals surface area contributed by atoms with E-state index in [2.05, 4.69) is 5.32 Å². The van der Waals surface area contributed by atoms with Gasteiger partial charge in [-0.3, -0.25) is 4.79 Å². The van der Waals surface area contributed by atoms with Crippen LogP contribution in [-0.4, -0.2) is 32.7 Å². The van der Waals surface area contributed by atoms with Gasteiger partial charge in [-0.1, -0.05) is 23.7 Å². The summed E-state index contributed by atoms with van der Waals surface area (Å²) in [6.07, 6.45) is 2.79.